The normalized spacial score (nSPS) is 26.2. The minimum atomic E-state index is -0.394. The van der Waals surface area contributed by atoms with Crippen molar-refractivity contribution in [2.24, 2.45) is 0 Å². The van der Waals surface area contributed by atoms with Gasteiger partial charge in [-0.05, 0) is 37.9 Å². The van der Waals surface area contributed by atoms with E-state index in [2.05, 4.69) is 68.8 Å². The van der Waals surface area contributed by atoms with Gasteiger partial charge in [-0.25, -0.2) is 0 Å². The van der Waals surface area contributed by atoms with Gasteiger partial charge in [0, 0.05) is 31.7 Å². The van der Waals surface area contributed by atoms with E-state index in [0.29, 0.717) is 18.0 Å². The number of hydrogen-bond donors (Lipinski definition) is 1. The summed E-state index contributed by atoms with van der Waals surface area (Å²) >= 11 is 0. The molecule has 118 valence electrons. The third kappa shape index (κ3) is 4.06. The van der Waals surface area contributed by atoms with Crippen molar-refractivity contribution in [3.05, 3.63) is 35.4 Å². The van der Waals surface area contributed by atoms with Gasteiger partial charge in [0.25, 0.3) is 0 Å². The van der Waals surface area contributed by atoms with Crippen LogP contribution in [0.4, 0.5) is 0 Å². The van der Waals surface area contributed by atoms with E-state index in [0.717, 1.165) is 25.2 Å². The van der Waals surface area contributed by atoms with Gasteiger partial charge in [-0.15, -0.1) is 0 Å². The van der Waals surface area contributed by atoms with E-state index in [4.69, 9.17) is 0 Å². The van der Waals surface area contributed by atoms with Crippen LogP contribution in [0.25, 0.3) is 0 Å². The van der Waals surface area contributed by atoms with Crippen LogP contribution in [-0.2, 0) is 0 Å². The number of nitrogens with zero attached hydrogens (tertiary/aromatic N) is 2. The number of hydrogen-bond acceptors (Lipinski definition) is 3. The Hall–Kier alpha value is -0.900. The zero-order chi connectivity index (χ0) is 15.6. The molecule has 0 spiro atoms. The summed E-state index contributed by atoms with van der Waals surface area (Å²) in [6.45, 7) is 11.7. The summed E-state index contributed by atoms with van der Waals surface area (Å²) in [5.41, 5.74) is 2.35. The van der Waals surface area contributed by atoms with Crippen molar-refractivity contribution >= 4 is 0 Å². The number of aliphatic hydroxyl groups is 1. The maximum atomic E-state index is 10.5. The molecule has 21 heavy (non-hydrogen) atoms. The van der Waals surface area contributed by atoms with E-state index >= 15 is 0 Å². The standard InChI is InChI=1S/C18H30N2O/c1-13(2)16-6-8-17(9-7-16)18(21)12-20-10-14(3)19(5)15(4)11-20/h6-9,13-15,18,21H,10-12H2,1-5H3. The first-order valence-electron chi connectivity index (χ1n) is 8.10. The largest absolute Gasteiger partial charge is 0.387 e. The molecule has 1 aromatic rings. The van der Waals surface area contributed by atoms with Crippen molar-refractivity contribution in [2.45, 2.75) is 51.8 Å². The van der Waals surface area contributed by atoms with E-state index in [-0.39, 0.29) is 0 Å². The predicted octanol–water partition coefficient (Wildman–Crippen LogP) is 2.87. The van der Waals surface area contributed by atoms with Crippen LogP contribution in [0.3, 0.4) is 0 Å². The summed E-state index contributed by atoms with van der Waals surface area (Å²) in [4.78, 5) is 4.80. The number of aliphatic hydroxyl groups excluding tert-OH is 1. The van der Waals surface area contributed by atoms with Crippen molar-refractivity contribution in [3.63, 3.8) is 0 Å². The second-order valence-electron chi connectivity index (χ2n) is 6.92. The van der Waals surface area contributed by atoms with Gasteiger partial charge in [0.2, 0.25) is 0 Å². The van der Waals surface area contributed by atoms with Crippen molar-refractivity contribution in [2.75, 3.05) is 26.7 Å². The van der Waals surface area contributed by atoms with Crippen LogP contribution >= 0.6 is 0 Å². The van der Waals surface area contributed by atoms with E-state index in [1.54, 1.807) is 0 Å². The molecule has 1 aliphatic heterocycles. The lowest BCUT2D eigenvalue weighted by Gasteiger charge is -2.43. The molecule has 1 saturated heterocycles. The molecule has 0 radical (unpaired) electrons. The molecule has 0 amide bonds. The SMILES string of the molecule is CC(C)c1ccc(C(O)CN2CC(C)N(C)C(C)C2)cc1. The van der Waals surface area contributed by atoms with Crippen LogP contribution in [0.5, 0.6) is 0 Å². The smallest absolute Gasteiger partial charge is 0.0916 e. The van der Waals surface area contributed by atoms with Crippen molar-refractivity contribution in [1.82, 2.24) is 9.80 Å². The Morgan fingerprint density at radius 3 is 2.00 bits per heavy atom. The number of rotatable bonds is 4. The summed E-state index contributed by atoms with van der Waals surface area (Å²) in [6.07, 6.45) is -0.394. The first-order chi connectivity index (χ1) is 9.88. The fourth-order valence-corrected chi connectivity index (χ4v) is 3.12. The van der Waals surface area contributed by atoms with Crippen molar-refractivity contribution in [3.8, 4) is 0 Å². The molecular weight excluding hydrogens is 260 g/mol. The minimum Gasteiger partial charge on any atom is -0.387 e. The molecule has 0 bridgehead atoms. The fraction of sp³-hybridized carbons (Fsp3) is 0.667. The molecule has 3 heteroatoms. The summed E-state index contributed by atoms with van der Waals surface area (Å²) in [5.74, 6) is 0.538. The molecule has 0 aliphatic carbocycles. The van der Waals surface area contributed by atoms with Gasteiger partial charge in [-0.3, -0.25) is 9.80 Å². The average molecular weight is 290 g/mol. The summed E-state index contributed by atoms with van der Waals surface area (Å²) in [6, 6.07) is 9.51. The van der Waals surface area contributed by atoms with Crippen LogP contribution < -0.4 is 0 Å². The molecule has 1 fully saturated rings. The van der Waals surface area contributed by atoms with Gasteiger partial charge >= 0.3 is 0 Å². The Balaban J connectivity index is 1.96. The zero-order valence-corrected chi connectivity index (χ0v) is 14.1. The quantitative estimate of drug-likeness (QED) is 0.923. The van der Waals surface area contributed by atoms with Crippen LogP contribution in [0.2, 0.25) is 0 Å². The van der Waals surface area contributed by atoms with Crippen LogP contribution in [0.15, 0.2) is 24.3 Å². The van der Waals surface area contributed by atoms with Crippen LogP contribution in [-0.4, -0.2) is 53.7 Å². The molecule has 0 saturated carbocycles. The maximum Gasteiger partial charge on any atom is 0.0916 e. The lowest BCUT2D eigenvalue weighted by atomic mass is 9.99. The number of piperazine rings is 1. The van der Waals surface area contributed by atoms with E-state index in [9.17, 15) is 5.11 Å². The Bertz CT molecular complexity index is 431. The predicted molar refractivity (Wildman–Crippen MR) is 88.6 cm³/mol. The van der Waals surface area contributed by atoms with Gasteiger partial charge in [-0.1, -0.05) is 38.1 Å². The first kappa shape index (κ1) is 16.5. The highest BCUT2D eigenvalue weighted by Crippen LogP contribution is 2.21. The molecule has 1 N–H and O–H groups in total. The molecule has 3 atom stereocenters. The highest BCUT2D eigenvalue weighted by Gasteiger charge is 2.27. The molecule has 1 aromatic carbocycles. The topological polar surface area (TPSA) is 26.7 Å². The highest BCUT2D eigenvalue weighted by molar-refractivity contribution is 5.26. The highest BCUT2D eigenvalue weighted by atomic mass is 16.3. The Kier molecular flexibility index (Phi) is 5.42. The third-order valence-electron chi connectivity index (χ3n) is 4.85. The minimum absolute atomic E-state index is 0.394. The summed E-state index contributed by atoms with van der Waals surface area (Å²) < 4.78 is 0. The second kappa shape index (κ2) is 6.91. The second-order valence-corrected chi connectivity index (χ2v) is 6.92. The third-order valence-corrected chi connectivity index (χ3v) is 4.85. The number of benzene rings is 1. The Morgan fingerprint density at radius 2 is 1.52 bits per heavy atom. The van der Waals surface area contributed by atoms with E-state index < -0.39 is 6.10 Å². The molecule has 3 nitrogen and oxygen atoms in total. The van der Waals surface area contributed by atoms with Crippen LogP contribution in [0, 0.1) is 0 Å². The van der Waals surface area contributed by atoms with E-state index in [1.165, 1.54) is 5.56 Å². The van der Waals surface area contributed by atoms with Gasteiger partial charge in [0.05, 0.1) is 6.10 Å². The Labute approximate surface area is 129 Å². The average Bonchev–Trinajstić information content (AvgIpc) is 2.44. The number of β-amino-alcohol motifs (C(OH)–C–C–N with tert-alkyl or cyclic N) is 1. The monoisotopic (exact) mass is 290 g/mol. The lowest BCUT2D eigenvalue weighted by molar-refractivity contribution is 0.0282. The van der Waals surface area contributed by atoms with Crippen molar-refractivity contribution in [1.29, 1.82) is 0 Å². The fourth-order valence-electron chi connectivity index (χ4n) is 3.12. The van der Waals surface area contributed by atoms with Gasteiger partial charge in [-0.2, -0.15) is 0 Å². The zero-order valence-electron chi connectivity index (χ0n) is 14.1. The molecule has 0 aromatic heterocycles. The maximum absolute atomic E-state index is 10.5. The summed E-state index contributed by atoms with van der Waals surface area (Å²) in [5, 5.41) is 10.5. The van der Waals surface area contributed by atoms with Crippen molar-refractivity contribution < 1.29 is 5.11 Å². The van der Waals surface area contributed by atoms with E-state index in [1.807, 2.05) is 0 Å². The first-order valence-corrected chi connectivity index (χ1v) is 8.10. The molecule has 3 unspecified atom stereocenters. The van der Waals surface area contributed by atoms with Gasteiger partial charge in [0.15, 0.2) is 0 Å². The lowest BCUT2D eigenvalue weighted by Crippen LogP contribution is -2.55. The number of likely N-dealkylation sites (N-methyl/N-ethyl adjacent to an activating group) is 1. The van der Waals surface area contributed by atoms with Crippen LogP contribution in [0.1, 0.15) is 50.8 Å². The summed E-state index contributed by atoms with van der Waals surface area (Å²) in [7, 11) is 2.19. The molecule has 2 rings (SSSR count). The molecule has 1 aliphatic rings. The van der Waals surface area contributed by atoms with Gasteiger partial charge in [0.1, 0.15) is 0 Å². The van der Waals surface area contributed by atoms with Gasteiger partial charge < -0.3 is 5.11 Å². The Morgan fingerprint density at radius 1 is 1.05 bits per heavy atom. The molecular formula is C18H30N2O. The molecule has 1 heterocycles.